The van der Waals surface area contributed by atoms with Crippen molar-refractivity contribution in [1.82, 2.24) is 5.32 Å². The fourth-order valence-electron chi connectivity index (χ4n) is 1.68. The first-order chi connectivity index (χ1) is 7.06. The SMILES string of the molecule is CCNC(C)C(C)c1ccc(C)c(Cl)c1. The summed E-state index contributed by atoms with van der Waals surface area (Å²) in [5, 5.41) is 4.30. The number of benzene rings is 1. The molecule has 1 N–H and O–H groups in total. The van der Waals surface area contributed by atoms with Crippen molar-refractivity contribution in [2.45, 2.75) is 39.7 Å². The maximum absolute atomic E-state index is 6.12. The molecule has 1 rings (SSSR count). The summed E-state index contributed by atoms with van der Waals surface area (Å²) in [6.45, 7) is 9.61. The Balaban J connectivity index is 2.81. The van der Waals surface area contributed by atoms with Crippen molar-refractivity contribution in [1.29, 1.82) is 0 Å². The van der Waals surface area contributed by atoms with Crippen molar-refractivity contribution in [3.05, 3.63) is 34.3 Å². The minimum Gasteiger partial charge on any atom is -0.314 e. The van der Waals surface area contributed by atoms with Gasteiger partial charge in [0.25, 0.3) is 0 Å². The Hall–Kier alpha value is -0.530. The van der Waals surface area contributed by atoms with E-state index < -0.39 is 0 Å². The lowest BCUT2D eigenvalue weighted by Crippen LogP contribution is -2.30. The largest absolute Gasteiger partial charge is 0.314 e. The average molecular weight is 226 g/mol. The predicted molar refractivity (Wildman–Crippen MR) is 67.7 cm³/mol. The second-order valence-electron chi connectivity index (χ2n) is 4.14. The van der Waals surface area contributed by atoms with Crippen LogP contribution in [0, 0.1) is 6.92 Å². The molecule has 0 amide bonds. The third-order valence-corrected chi connectivity index (χ3v) is 3.40. The first-order valence-corrected chi connectivity index (χ1v) is 5.93. The number of aryl methyl sites for hydroxylation is 1. The van der Waals surface area contributed by atoms with Crippen LogP contribution in [0.1, 0.15) is 37.8 Å². The molecule has 0 saturated heterocycles. The highest BCUT2D eigenvalue weighted by molar-refractivity contribution is 6.31. The van der Waals surface area contributed by atoms with Crippen LogP contribution in [0.15, 0.2) is 18.2 Å². The molecule has 0 aliphatic rings. The van der Waals surface area contributed by atoms with E-state index in [2.05, 4.69) is 44.3 Å². The van der Waals surface area contributed by atoms with Crippen molar-refractivity contribution in [3.63, 3.8) is 0 Å². The van der Waals surface area contributed by atoms with Gasteiger partial charge in [-0.05, 0) is 43.5 Å². The zero-order valence-electron chi connectivity index (χ0n) is 9.97. The fraction of sp³-hybridized carbons (Fsp3) is 0.538. The van der Waals surface area contributed by atoms with Gasteiger partial charge >= 0.3 is 0 Å². The molecule has 1 aromatic carbocycles. The first kappa shape index (κ1) is 12.5. The van der Waals surface area contributed by atoms with Gasteiger partial charge in [0.15, 0.2) is 0 Å². The van der Waals surface area contributed by atoms with E-state index in [1.54, 1.807) is 0 Å². The molecule has 15 heavy (non-hydrogen) atoms. The molecule has 84 valence electrons. The number of likely N-dealkylation sites (N-methyl/N-ethyl adjacent to an activating group) is 1. The van der Waals surface area contributed by atoms with Gasteiger partial charge in [-0.15, -0.1) is 0 Å². The highest BCUT2D eigenvalue weighted by atomic mass is 35.5. The first-order valence-electron chi connectivity index (χ1n) is 5.55. The van der Waals surface area contributed by atoms with Crippen molar-refractivity contribution >= 4 is 11.6 Å². The standard InChI is InChI=1S/C13H20ClN/c1-5-15-11(4)10(3)12-7-6-9(2)13(14)8-12/h6-8,10-11,15H,5H2,1-4H3. The topological polar surface area (TPSA) is 12.0 Å². The van der Waals surface area contributed by atoms with Gasteiger partial charge in [-0.3, -0.25) is 0 Å². The molecule has 0 heterocycles. The van der Waals surface area contributed by atoms with E-state index in [9.17, 15) is 0 Å². The van der Waals surface area contributed by atoms with E-state index in [0.29, 0.717) is 12.0 Å². The molecule has 2 unspecified atom stereocenters. The molecule has 0 bridgehead atoms. The van der Waals surface area contributed by atoms with Crippen molar-refractivity contribution in [3.8, 4) is 0 Å². The number of hydrogen-bond donors (Lipinski definition) is 1. The highest BCUT2D eigenvalue weighted by Gasteiger charge is 2.13. The van der Waals surface area contributed by atoms with E-state index in [1.807, 2.05) is 6.92 Å². The van der Waals surface area contributed by atoms with Crippen LogP contribution in [0.4, 0.5) is 0 Å². The Morgan fingerprint density at radius 3 is 2.53 bits per heavy atom. The summed E-state index contributed by atoms with van der Waals surface area (Å²) in [6, 6.07) is 6.82. The highest BCUT2D eigenvalue weighted by Crippen LogP contribution is 2.24. The van der Waals surface area contributed by atoms with Gasteiger partial charge in [0.05, 0.1) is 0 Å². The van der Waals surface area contributed by atoms with Gasteiger partial charge in [-0.2, -0.15) is 0 Å². The molecule has 2 atom stereocenters. The normalized spacial score (nSPS) is 15.0. The molecule has 1 aromatic rings. The van der Waals surface area contributed by atoms with Crippen LogP contribution in [-0.2, 0) is 0 Å². The smallest absolute Gasteiger partial charge is 0.0438 e. The van der Waals surface area contributed by atoms with E-state index in [-0.39, 0.29) is 0 Å². The summed E-state index contributed by atoms with van der Waals surface area (Å²) in [5.41, 5.74) is 2.45. The van der Waals surface area contributed by atoms with Crippen LogP contribution < -0.4 is 5.32 Å². The second-order valence-corrected chi connectivity index (χ2v) is 4.55. The second kappa shape index (κ2) is 5.53. The Morgan fingerprint density at radius 1 is 1.33 bits per heavy atom. The fourth-order valence-corrected chi connectivity index (χ4v) is 1.87. The maximum atomic E-state index is 6.12. The summed E-state index contributed by atoms with van der Waals surface area (Å²) in [5.74, 6) is 0.489. The van der Waals surface area contributed by atoms with Gasteiger partial charge in [0, 0.05) is 11.1 Å². The van der Waals surface area contributed by atoms with Gasteiger partial charge in [-0.1, -0.05) is 37.6 Å². The van der Waals surface area contributed by atoms with Crippen LogP contribution in [0.3, 0.4) is 0 Å². The van der Waals surface area contributed by atoms with E-state index in [4.69, 9.17) is 11.6 Å². The zero-order valence-corrected chi connectivity index (χ0v) is 10.7. The number of rotatable bonds is 4. The van der Waals surface area contributed by atoms with Crippen LogP contribution in [0.25, 0.3) is 0 Å². The third-order valence-electron chi connectivity index (χ3n) is 3.00. The van der Waals surface area contributed by atoms with Gasteiger partial charge in [-0.25, -0.2) is 0 Å². The molecule has 0 fully saturated rings. The molecule has 0 aliphatic carbocycles. The van der Waals surface area contributed by atoms with E-state index in [0.717, 1.165) is 17.1 Å². The minimum absolute atomic E-state index is 0.480. The minimum atomic E-state index is 0.480. The van der Waals surface area contributed by atoms with Gasteiger partial charge in [0.2, 0.25) is 0 Å². The monoisotopic (exact) mass is 225 g/mol. The van der Waals surface area contributed by atoms with Gasteiger partial charge in [0.1, 0.15) is 0 Å². The van der Waals surface area contributed by atoms with Crippen LogP contribution in [-0.4, -0.2) is 12.6 Å². The molecular formula is C13H20ClN. The van der Waals surface area contributed by atoms with Gasteiger partial charge < -0.3 is 5.32 Å². The average Bonchev–Trinajstić information content (AvgIpc) is 2.21. The summed E-state index contributed by atoms with van der Waals surface area (Å²) >= 11 is 6.12. The molecule has 0 aromatic heterocycles. The van der Waals surface area contributed by atoms with Crippen LogP contribution in [0.2, 0.25) is 5.02 Å². The zero-order chi connectivity index (χ0) is 11.4. The molecule has 0 aliphatic heterocycles. The molecule has 0 saturated carbocycles. The molecule has 2 heteroatoms. The molecule has 0 spiro atoms. The van der Waals surface area contributed by atoms with Crippen molar-refractivity contribution < 1.29 is 0 Å². The lowest BCUT2D eigenvalue weighted by Gasteiger charge is -2.21. The lowest BCUT2D eigenvalue weighted by molar-refractivity contribution is 0.495. The number of nitrogens with one attached hydrogen (secondary N) is 1. The summed E-state index contributed by atoms with van der Waals surface area (Å²) in [4.78, 5) is 0. The maximum Gasteiger partial charge on any atom is 0.0438 e. The van der Waals surface area contributed by atoms with Crippen molar-refractivity contribution in [2.24, 2.45) is 0 Å². The lowest BCUT2D eigenvalue weighted by atomic mass is 9.94. The molecular weight excluding hydrogens is 206 g/mol. The quantitative estimate of drug-likeness (QED) is 0.823. The van der Waals surface area contributed by atoms with Crippen LogP contribution in [0.5, 0.6) is 0 Å². The Morgan fingerprint density at radius 2 is 2.00 bits per heavy atom. The Labute approximate surface area is 97.8 Å². The van der Waals surface area contributed by atoms with Crippen LogP contribution >= 0.6 is 11.6 Å². The van der Waals surface area contributed by atoms with E-state index in [1.165, 1.54) is 5.56 Å². The summed E-state index contributed by atoms with van der Waals surface area (Å²) < 4.78 is 0. The predicted octanol–water partition coefficient (Wildman–Crippen LogP) is 3.75. The Kier molecular flexibility index (Phi) is 4.62. The molecule has 0 radical (unpaired) electrons. The third kappa shape index (κ3) is 3.22. The number of halogens is 1. The number of hydrogen-bond acceptors (Lipinski definition) is 1. The summed E-state index contributed by atoms with van der Waals surface area (Å²) in [7, 11) is 0. The molecule has 1 nitrogen and oxygen atoms in total. The van der Waals surface area contributed by atoms with E-state index >= 15 is 0 Å². The summed E-state index contributed by atoms with van der Waals surface area (Å²) in [6.07, 6.45) is 0. The van der Waals surface area contributed by atoms with Crippen molar-refractivity contribution in [2.75, 3.05) is 6.54 Å². The Bertz CT molecular complexity index is 322.